The molecule has 0 spiro atoms. The maximum atomic E-state index is 12.7. The van der Waals surface area contributed by atoms with Crippen LogP contribution >= 0.6 is 15.9 Å². The number of halogens is 4. The van der Waals surface area contributed by atoms with Crippen LogP contribution in [0.4, 0.5) is 13.2 Å². The van der Waals surface area contributed by atoms with E-state index in [0.29, 0.717) is 11.3 Å². The average Bonchev–Trinajstić information content (AvgIpc) is 2.96. The lowest BCUT2D eigenvalue weighted by atomic mass is 9.96. The van der Waals surface area contributed by atoms with E-state index in [1.54, 1.807) is 0 Å². The van der Waals surface area contributed by atoms with Gasteiger partial charge < -0.3 is 4.52 Å². The summed E-state index contributed by atoms with van der Waals surface area (Å²) in [7, 11) is 0. The summed E-state index contributed by atoms with van der Waals surface area (Å²) in [6.07, 6.45) is -4.42. The van der Waals surface area contributed by atoms with Crippen molar-refractivity contribution in [2.24, 2.45) is 0 Å². The Morgan fingerprint density at radius 1 is 1.08 bits per heavy atom. The number of nitrogens with zero attached hydrogens (tertiary/aromatic N) is 2. The Hall–Kier alpha value is -2.59. The number of alkyl halides is 3. The van der Waals surface area contributed by atoms with Gasteiger partial charge in [-0.25, -0.2) is 0 Å². The molecule has 7 heteroatoms. The fraction of sp³-hybridized carbons (Fsp3) is 0.158. The third-order valence-electron chi connectivity index (χ3n) is 4.01. The first-order chi connectivity index (χ1) is 12.2. The van der Waals surface area contributed by atoms with Crippen molar-refractivity contribution in [3.63, 3.8) is 0 Å². The maximum absolute atomic E-state index is 12.7. The number of hydrogen-bond donors (Lipinski definition) is 0. The van der Waals surface area contributed by atoms with E-state index in [2.05, 4.69) is 27.2 Å². The van der Waals surface area contributed by atoms with Crippen LogP contribution in [-0.2, 0) is 6.18 Å². The van der Waals surface area contributed by atoms with Crippen LogP contribution in [0.15, 0.2) is 45.4 Å². The molecular weight excluding hydrogens is 409 g/mol. The first-order valence-corrected chi connectivity index (χ1v) is 8.36. The van der Waals surface area contributed by atoms with E-state index >= 15 is 0 Å². The van der Waals surface area contributed by atoms with Crippen molar-refractivity contribution in [3.8, 4) is 28.7 Å². The van der Waals surface area contributed by atoms with Gasteiger partial charge >= 0.3 is 6.18 Å². The second kappa shape index (κ2) is 6.61. The Bertz CT molecular complexity index is 992. The molecule has 0 amide bonds. The second-order valence-corrected chi connectivity index (χ2v) is 6.75. The van der Waals surface area contributed by atoms with Crippen LogP contribution in [-0.4, -0.2) is 5.16 Å². The fourth-order valence-electron chi connectivity index (χ4n) is 2.86. The van der Waals surface area contributed by atoms with Crippen molar-refractivity contribution in [2.45, 2.75) is 20.0 Å². The number of hydrogen-bond acceptors (Lipinski definition) is 3. The monoisotopic (exact) mass is 420 g/mol. The maximum Gasteiger partial charge on any atom is 0.416 e. The molecule has 0 aliphatic rings. The Morgan fingerprint density at radius 2 is 1.65 bits per heavy atom. The molecular formula is C19H12BrF3N2O. The van der Waals surface area contributed by atoms with E-state index in [1.165, 1.54) is 12.1 Å². The van der Waals surface area contributed by atoms with Crippen molar-refractivity contribution in [1.82, 2.24) is 5.16 Å². The molecule has 3 rings (SSSR count). The molecule has 3 aromatic rings. The summed E-state index contributed by atoms with van der Waals surface area (Å²) in [5.41, 5.74) is 2.75. The van der Waals surface area contributed by atoms with Crippen LogP contribution in [0.5, 0.6) is 0 Å². The van der Waals surface area contributed by atoms with Crippen molar-refractivity contribution in [2.75, 3.05) is 0 Å². The first-order valence-electron chi connectivity index (χ1n) is 7.57. The van der Waals surface area contributed by atoms with Gasteiger partial charge in [-0.15, -0.1) is 0 Å². The minimum Gasteiger partial charge on any atom is -0.354 e. The number of aryl methyl sites for hydroxylation is 2. The summed E-state index contributed by atoms with van der Waals surface area (Å²) < 4.78 is 44.4. The Balaban J connectivity index is 2.12. The van der Waals surface area contributed by atoms with Gasteiger partial charge in [0.15, 0.2) is 5.76 Å². The topological polar surface area (TPSA) is 49.8 Å². The molecule has 132 valence electrons. The summed E-state index contributed by atoms with van der Waals surface area (Å²) in [6.45, 7) is 3.78. The Kier molecular flexibility index (Phi) is 4.63. The van der Waals surface area contributed by atoms with Gasteiger partial charge in [0.1, 0.15) is 17.3 Å². The minimum absolute atomic E-state index is 0.151. The van der Waals surface area contributed by atoms with Crippen LogP contribution in [0, 0.1) is 25.2 Å². The molecule has 0 atom stereocenters. The molecule has 0 saturated heterocycles. The molecule has 0 fully saturated rings. The number of benzene rings is 2. The van der Waals surface area contributed by atoms with Crippen molar-refractivity contribution in [1.29, 1.82) is 5.26 Å². The highest BCUT2D eigenvalue weighted by molar-refractivity contribution is 9.10. The standard InChI is InChI=1S/C19H12BrF3N2O/c1-10-7-14(20)8-11(2)16(10)17-15(9-24)18(26-25-17)12-3-5-13(6-4-12)19(21,22)23/h3-8H,1-2H3. The smallest absolute Gasteiger partial charge is 0.354 e. The predicted octanol–water partition coefficient (Wildman–Crippen LogP) is 6.28. The van der Waals surface area contributed by atoms with Gasteiger partial charge in [-0.2, -0.15) is 18.4 Å². The summed E-state index contributed by atoms with van der Waals surface area (Å²) in [4.78, 5) is 0. The zero-order chi connectivity index (χ0) is 19.1. The molecule has 0 bridgehead atoms. The predicted molar refractivity (Wildman–Crippen MR) is 94.3 cm³/mol. The molecule has 0 N–H and O–H groups in total. The van der Waals surface area contributed by atoms with E-state index in [9.17, 15) is 18.4 Å². The van der Waals surface area contributed by atoms with E-state index in [1.807, 2.05) is 26.0 Å². The third-order valence-corrected chi connectivity index (χ3v) is 4.47. The molecule has 0 saturated carbocycles. The van der Waals surface area contributed by atoms with Crippen molar-refractivity contribution in [3.05, 3.63) is 63.1 Å². The highest BCUT2D eigenvalue weighted by Crippen LogP contribution is 2.37. The van der Waals surface area contributed by atoms with Gasteiger partial charge in [-0.3, -0.25) is 0 Å². The molecule has 26 heavy (non-hydrogen) atoms. The van der Waals surface area contributed by atoms with Gasteiger partial charge in [0.05, 0.1) is 5.56 Å². The fourth-order valence-corrected chi connectivity index (χ4v) is 3.54. The second-order valence-electron chi connectivity index (χ2n) is 5.84. The van der Waals surface area contributed by atoms with Crippen LogP contribution in [0.25, 0.3) is 22.6 Å². The van der Waals surface area contributed by atoms with Gasteiger partial charge in [-0.1, -0.05) is 33.2 Å². The van der Waals surface area contributed by atoms with E-state index in [0.717, 1.165) is 33.3 Å². The van der Waals surface area contributed by atoms with Crippen LogP contribution in [0.3, 0.4) is 0 Å². The lowest BCUT2D eigenvalue weighted by Crippen LogP contribution is -2.04. The molecule has 0 aliphatic heterocycles. The minimum atomic E-state index is -4.42. The molecule has 0 aliphatic carbocycles. The third kappa shape index (κ3) is 3.25. The Morgan fingerprint density at radius 3 is 2.15 bits per heavy atom. The molecule has 1 aromatic heterocycles. The van der Waals surface area contributed by atoms with Gasteiger partial charge in [0, 0.05) is 15.6 Å². The van der Waals surface area contributed by atoms with E-state index in [-0.39, 0.29) is 11.3 Å². The zero-order valence-electron chi connectivity index (χ0n) is 13.8. The van der Waals surface area contributed by atoms with Crippen LogP contribution in [0.2, 0.25) is 0 Å². The molecule has 2 aromatic carbocycles. The van der Waals surface area contributed by atoms with Gasteiger partial charge in [0.25, 0.3) is 0 Å². The molecule has 0 radical (unpaired) electrons. The first kappa shape index (κ1) is 18.2. The van der Waals surface area contributed by atoms with Crippen molar-refractivity contribution >= 4 is 15.9 Å². The summed E-state index contributed by atoms with van der Waals surface area (Å²) in [5, 5.41) is 13.6. The lowest BCUT2D eigenvalue weighted by Gasteiger charge is -2.08. The average molecular weight is 421 g/mol. The van der Waals surface area contributed by atoms with Crippen molar-refractivity contribution < 1.29 is 17.7 Å². The quantitative estimate of drug-likeness (QED) is 0.490. The highest BCUT2D eigenvalue weighted by atomic mass is 79.9. The lowest BCUT2D eigenvalue weighted by molar-refractivity contribution is -0.137. The number of aromatic nitrogens is 1. The highest BCUT2D eigenvalue weighted by Gasteiger charge is 2.30. The molecule has 1 heterocycles. The largest absolute Gasteiger partial charge is 0.416 e. The normalized spacial score (nSPS) is 11.4. The molecule has 0 unspecified atom stereocenters. The van der Waals surface area contributed by atoms with E-state index < -0.39 is 11.7 Å². The van der Waals surface area contributed by atoms with E-state index in [4.69, 9.17) is 4.52 Å². The summed E-state index contributed by atoms with van der Waals surface area (Å²) >= 11 is 3.42. The molecule has 3 nitrogen and oxygen atoms in total. The SMILES string of the molecule is Cc1cc(Br)cc(C)c1-c1noc(-c2ccc(C(F)(F)F)cc2)c1C#N. The zero-order valence-corrected chi connectivity index (χ0v) is 15.4. The summed E-state index contributed by atoms with van der Waals surface area (Å²) in [5.74, 6) is 0.151. The number of rotatable bonds is 2. The summed E-state index contributed by atoms with van der Waals surface area (Å²) in [6, 6.07) is 10.3. The van der Waals surface area contributed by atoms with Gasteiger partial charge in [0.2, 0.25) is 0 Å². The number of nitriles is 1. The van der Waals surface area contributed by atoms with Crippen LogP contribution < -0.4 is 0 Å². The van der Waals surface area contributed by atoms with Crippen LogP contribution in [0.1, 0.15) is 22.3 Å². The van der Waals surface area contributed by atoms with Gasteiger partial charge in [-0.05, 0) is 49.2 Å². The Labute approximate surface area is 156 Å².